The summed E-state index contributed by atoms with van der Waals surface area (Å²) in [6.07, 6.45) is 0. The Hall–Kier alpha value is -1.76. The lowest BCUT2D eigenvalue weighted by molar-refractivity contribution is 0.171. The molecule has 0 bridgehead atoms. The molecule has 2 aromatic carbocycles. The van der Waals surface area contributed by atoms with Crippen molar-refractivity contribution in [1.82, 2.24) is 4.72 Å². The molecule has 0 saturated carbocycles. The molecule has 0 aromatic heterocycles. The molecular formula is C17H18ClNO4S. The van der Waals surface area contributed by atoms with Crippen LogP contribution in [0, 0.1) is 0 Å². The molecule has 1 aliphatic heterocycles. The first-order chi connectivity index (χ1) is 11.4. The summed E-state index contributed by atoms with van der Waals surface area (Å²) in [6, 6.07) is 11.9. The number of hydrogen-bond donors (Lipinski definition) is 1. The van der Waals surface area contributed by atoms with Gasteiger partial charge >= 0.3 is 0 Å². The third-order valence-electron chi connectivity index (χ3n) is 3.67. The minimum atomic E-state index is -3.50. The van der Waals surface area contributed by atoms with Crippen LogP contribution in [0.3, 0.4) is 0 Å². The lowest BCUT2D eigenvalue weighted by Gasteiger charge is -2.21. The second kappa shape index (κ2) is 7.01. The van der Waals surface area contributed by atoms with Gasteiger partial charge in [-0.1, -0.05) is 29.8 Å². The van der Waals surface area contributed by atoms with E-state index in [4.69, 9.17) is 21.1 Å². The zero-order chi connectivity index (χ0) is 17.2. The van der Waals surface area contributed by atoms with Crippen LogP contribution in [0.25, 0.3) is 0 Å². The fraction of sp³-hybridized carbons (Fsp3) is 0.294. The van der Waals surface area contributed by atoms with Crippen LogP contribution in [-0.4, -0.2) is 21.6 Å². The maximum absolute atomic E-state index is 12.4. The summed E-state index contributed by atoms with van der Waals surface area (Å²) in [5.74, 6) is 1.20. The molecule has 0 amide bonds. The van der Waals surface area contributed by atoms with Crippen molar-refractivity contribution in [3.63, 3.8) is 0 Å². The van der Waals surface area contributed by atoms with Gasteiger partial charge in [0.25, 0.3) is 0 Å². The maximum Gasteiger partial charge on any atom is 0.216 e. The van der Waals surface area contributed by atoms with Gasteiger partial charge in [-0.2, -0.15) is 0 Å². The molecular weight excluding hydrogens is 350 g/mol. The molecule has 1 unspecified atom stereocenters. The van der Waals surface area contributed by atoms with Gasteiger partial charge in [0.2, 0.25) is 10.0 Å². The molecule has 0 saturated heterocycles. The normalized spacial score (nSPS) is 15.1. The van der Waals surface area contributed by atoms with Gasteiger partial charge < -0.3 is 9.47 Å². The lowest BCUT2D eigenvalue weighted by Crippen LogP contribution is -2.28. The van der Waals surface area contributed by atoms with E-state index in [0.717, 1.165) is 5.56 Å². The molecule has 3 rings (SSSR count). The molecule has 0 radical (unpaired) electrons. The summed E-state index contributed by atoms with van der Waals surface area (Å²) in [4.78, 5) is 0. The zero-order valence-electron chi connectivity index (χ0n) is 13.2. The first kappa shape index (κ1) is 17.1. The van der Waals surface area contributed by atoms with E-state index in [1.54, 1.807) is 43.3 Å². The van der Waals surface area contributed by atoms with Crippen LogP contribution in [0.5, 0.6) is 11.5 Å². The number of benzene rings is 2. The quantitative estimate of drug-likeness (QED) is 0.880. The Kier molecular flexibility index (Phi) is 4.99. The van der Waals surface area contributed by atoms with Crippen molar-refractivity contribution < 1.29 is 17.9 Å². The van der Waals surface area contributed by atoms with Gasteiger partial charge in [-0.25, -0.2) is 13.1 Å². The molecule has 1 atom stereocenters. The fourth-order valence-corrected chi connectivity index (χ4v) is 4.14. The zero-order valence-corrected chi connectivity index (χ0v) is 14.7. The van der Waals surface area contributed by atoms with Gasteiger partial charge in [-0.15, -0.1) is 0 Å². The Morgan fingerprint density at radius 3 is 2.62 bits per heavy atom. The molecule has 1 N–H and O–H groups in total. The molecule has 1 heterocycles. The van der Waals surface area contributed by atoms with Crippen LogP contribution in [-0.2, 0) is 15.8 Å². The monoisotopic (exact) mass is 367 g/mol. The van der Waals surface area contributed by atoms with E-state index < -0.39 is 10.0 Å². The van der Waals surface area contributed by atoms with Crippen LogP contribution < -0.4 is 14.2 Å². The van der Waals surface area contributed by atoms with E-state index in [1.807, 2.05) is 6.07 Å². The lowest BCUT2D eigenvalue weighted by atomic mass is 10.1. The number of nitrogens with one attached hydrogen (secondary N) is 1. The van der Waals surface area contributed by atoms with Crippen LogP contribution in [0.2, 0.25) is 5.02 Å². The minimum absolute atomic E-state index is 0.123. The van der Waals surface area contributed by atoms with Gasteiger partial charge in [0.05, 0.1) is 5.75 Å². The Balaban J connectivity index is 1.72. The summed E-state index contributed by atoms with van der Waals surface area (Å²) < 4.78 is 38.4. The highest BCUT2D eigenvalue weighted by molar-refractivity contribution is 7.88. The van der Waals surface area contributed by atoms with Gasteiger partial charge in [-0.05, 0) is 42.3 Å². The molecule has 7 heteroatoms. The second-order valence-electron chi connectivity index (χ2n) is 5.63. The average molecular weight is 368 g/mol. The number of rotatable bonds is 5. The first-order valence-electron chi connectivity index (χ1n) is 7.57. The van der Waals surface area contributed by atoms with Gasteiger partial charge in [-0.3, -0.25) is 0 Å². The average Bonchev–Trinajstić information content (AvgIpc) is 2.53. The number of halogens is 1. The predicted molar refractivity (Wildman–Crippen MR) is 93.1 cm³/mol. The smallest absolute Gasteiger partial charge is 0.216 e. The maximum atomic E-state index is 12.4. The third kappa shape index (κ3) is 4.20. The minimum Gasteiger partial charge on any atom is -0.486 e. The van der Waals surface area contributed by atoms with E-state index in [9.17, 15) is 8.42 Å². The molecule has 0 aliphatic carbocycles. The molecule has 0 fully saturated rings. The van der Waals surface area contributed by atoms with Crippen molar-refractivity contribution in [2.75, 3.05) is 13.2 Å². The molecule has 5 nitrogen and oxygen atoms in total. The van der Waals surface area contributed by atoms with E-state index in [2.05, 4.69) is 4.72 Å². The Labute approximate surface area is 146 Å². The molecule has 24 heavy (non-hydrogen) atoms. The molecule has 128 valence electrons. The fourth-order valence-electron chi connectivity index (χ4n) is 2.55. The Morgan fingerprint density at radius 1 is 1.12 bits per heavy atom. The van der Waals surface area contributed by atoms with Crippen molar-refractivity contribution >= 4 is 21.6 Å². The molecule has 2 aromatic rings. The van der Waals surface area contributed by atoms with Gasteiger partial charge in [0, 0.05) is 11.1 Å². The topological polar surface area (TPSA) is 64.6 Å². The van der Waals surface area contributed by atoms with Crippen LogP contribution in [0.15, 0.2) is 42.5 Å². The number of fused-ring (bicyclic) bond motifs is 1. The van der Waals surface area contributed by atoms with Gasteiger partial charge in [0.1, 0.15) is 13.2 Å². The Bertz CT molecular complexity index is 838. The summed E-state index contributed by atoms with van der Waals surface area (Å²) in [5, 5.41) is 0.516. The summed E-state index contributed by atoms with van der Waals surface area (Å²) >= 11 is 5.90. The van der Waals surface area contributed by atoms with E-state index in [1.165, 1.54) is 0 Å². The van der Waals surface area contributed by atoms with Crippen molar-refractivity contribution in [3.8, 4) is 11.5 Å². The third-order valence-corrected chi connectivity index (χ3v) is 5.33. The van der Waals surface area contributed by atoms with Crippen molar-refractivity contribution in [3.05, 3.63) is 58.6 Å². The van der Waals surface area contributed by atoms with E-state index in [-0.39, 0.29) is 11.8 Å². The Morgan fingerprint density at radius 2 is 1.88 bits per heavy atom. The standard InChI is InChI=1S/C17H18ClNO4S/c1-12(14-5-6-16-17(10-14)23-8-7-22-16)19-24(20,21)11-13-3-2-4-15(18)9-13/h2-6,9-10,12,19H,7-8,11H2,1H3. The van der Waals surface area contributed by atoms with Crippen molar-refractivity contribution in [2.45, 2.75) is 18.7 Å². The van der Waals surface area contributed by atoms with E-state index >= 15 is 0 Å². The van der Waals surface area contributed by atoms with Crippen molar-refractivity contribution in [1.29, 1.82) is 0 Å². The predicted octanol–water partition coefficient (Wildman–Crippen LogP) is 3.29. The summed E-state index contributed by atoms with van der Waals surface area (Å²) in [6.45, 7) is 2.81. The second-order valence-corrected chi connectivity index (χ2v) is 7.82. The highest BCUT2D eigenvalue weighted by Crippen LogP contribution is 2.32. The van der Waals surface area contributed by atoms with Crippen molar-refractivity contribution in [2.24, 2.45) is 0 Å². The van der Waals surface area contributed by atoms with Crippen LogP contribution in [0.4, 0.5) is 0 Å². The number of sulfonamides is 1. The van der Waals surface area contributed by atoms with Crippen LogP contribution in [0.1, 0.15) is 24.1 Å². The number of hydrogen-bond acceptors (Lipinski definition) is 4. The van der Waals surface area contributed by atoms with E-state index in [0.29, 0.717) is 35.3 Å². The van der Waals surface area contributed by atoms with Crippen LogP contribution >= 0.6 is 11.6 Å². The highest BCUT2D eigenvalue weighted by Gasteiger charge is 2.19. The first-order valence-corrected chi connectivity index (χ1v) is 9.60. The molecule has 1 aliphatic rings. The number of ether oxygens (including phenoxy) is 2. The van der Waals surface area contributed by atoms with Gasteiger partial charge in [0.15, 0.2) is 11.5 Å². The molecule has 0 spiro atoms. The largest absolute Gasteiger partial charge is 0.486 e. The SMILES string of the molecule is CC(NS(=O)(=O)Cc1cccc(Cl)c1)c1ccc2c(c1)OCCO2. The summed E-state index contributed by atoms with van der Waals surface area (Å²) in [7, 11) is -3.50. The summed E-state index contributed by atoms with van der Waals surface area (Å²) in [5.41, 5.74) is 1.46. The highest BCUT2D eigenvalue weighted by atomic mass is 35.5.